The molecule has 2 aromatic carbocycles. The number of nitrogens with zero attached hydrogens (tertiary/aromatic N) is 3. The first-order valence-corrected chi connectivity index (χ1v) is 10.8. The van der Waals surface area contributed by atoms with Gasteiger partial charge in [-0.05, 0) is 43.3 Å². The van der Waals surface area contributed by atoms with E-state index in [0.717, 1.165) is 0 Å². The topological polar surface area (TPSA) is 107 Å². The average Bonchev–Trinajstić information content (AvgIpc) is 3.27. The lowest BCUT2D eigenvalue weighted by molar-refractivity contribution is -0.123. The van der Waals surface area contributed by atoms with Crippen molar-refractivity contribution >= 4 is 11.8 Å². The van der Waals surface area contributed by atoms with Gasteiger partial charge in [0.15, 0.2) is 5.69 Å². The van der Waals surface area contributed by atoms with Crippen LogP contribution in [0.1, 0.15) is 33.5 Å². The van der Waals surface area contributed by atoms with Crippen molar-refractivity contribution in [1.29, 1.82) is 0 Å². The third-order valence-corrected chi connectivity index (χ3v) is 4.71. The molecule has 3 rings (SSSR count). The van der Waals surface area contributed by atoms with Gasteiger partial charge in [0.25, 0.3) is 11.8 Å². The van der Waals surface area contributed by atoms with Crippen LogP contribution < -0.4 is 15.4 Å². The Kier molecular flexibility index (Phi) is 8.95. The monoisotopic (exact) mass is 509 g/mol. The summed E-state index contributed by atoms with van der Waals surface area (Å²) in [5, 5.41) is 12.4. The highest BCUT2D eigenvalue weighted by molar-refractivity contribution is 5.94. The fourth-order valence-electron chi connectivity index (χ4n) is 3.02. The molecule has 1 heterocycles. The lowest BCUT2D eigenvalue weighted by Gasteiger charge is -2.11. The number of carbonyl (C=O) groups excluding carboxylic acids is 2. The molecule has 0 aliphatic rings. The van der Waals surface area contributed by atoms with Gasteiger partial charge in [0, 0.05) is 24.8 Å². The molecule has 0 aliphatic heterocycles. The van der Waals surface area contributed by atoms with Crippen LogP contribution in [0.25, 0.3) is 5.69 Å². The first-order valence-electron chi connectivity index (χ1n) is 10.8. The summed E-state index contributed by atoms with van der Waals surface area (Å²) in [6.07, 6.45) is -4.54. The van der Waals surface area contributed by atoms with Gasteiger partial charge in [-0.2, -0.15) is 13.2 Å². The molecule has 13 heteroatoms. The molecular weight excluding hydrogens is 486 g/mol. The number of amides is 2. The van der Waals surface area contributed by atoms with Crippen molar-refractivity contribution < 1.29 is 36.6 Å². The Labute approximate surface area is 203 Å². The van der Waals surface area contributed by atoms with Crippen molar-refractivity contribution in [3.63, 3.8) is 0 Å². The molecule has 0 fully saturated rings. The first-order chi connectivity index (χ1) is 17.2. The molecule has 0 saturated carbocycles. The van der Waals surface area contributed by atoms with Crippen LogP contribution in [0.4, 0.5) is 17.6 Å². The molecule has 2 amide bonds. The van der Waals surface area contributed by atoms with E-state index in [1.807, 2.05) is 6.92 Å². The van der Waals surface area contributed by atoms with Crippen LogP contribution in [0, 0.1) is 5.82 Å². The van der Waals surface area contributed by atoms with E-state index in [2.05, 4.69) is 15.6 Å². The van der Waals surface area contributed by atoms with E-state index < -0.39 is 30.4 Å². The van der Waals surface area contributed by atoms with Crippen LogP contribution in [-0.2, 0) is 11.3 Å². The molecule has 36 heavy (non-hydrogen) atoms. The summed E-state index contributed by atoms with van der Waals surface area (Å²) < 4.78 is 62.7. The quantitative estimate of drug-likeness (QED) is 0.304. The Morgan fingerprint density at radius 2 is 1.81 bits per heavy atom. The zero-order valence-electron chi connectivity index (χ0n) is 19.1. The van der Waals surface area contributed by atoms with E-state index in [-0.39, 0.29) is 35.9 Å². The minimum absolute atomic E-state index is 0.00503. The van der Waals surface area contributed by atoms with E-state index in [0.29, 0.717) is 18.9 Å². The van der Waals surface area contributed by atoms with Gasteiger partial charge in [0.05, 0.1) is 12.3 Å². The van der Waals surface area contributed by atoms with Crippen molar-refractivity contribution in [1.82, 2.24) is 25.6 Å². The number of ether oxygens (including phenoxy) is 2. The third kappa shape index (κ3) is 7.50. The Hall–Kier alpha value is -4.00. The molecule has 0 atom stereocenters. The van der Waals surface area contributed by atoms with Gasteiger partial charge >= 0.3 is 6.18 Å². The summed E-state index contributed by atoms with van der Waals surface area (Å²) in [6, 6.07) is 10.9. The van der Waals surface area contributed by atoms with E-state index in [1.165, 1.54) is 53.2 Å². The minimum atomic E-state index is -4.54. The fourth-order valence-corrected chi connectivity index (χ4v) is 3.02. The van der Waals surface area contributed by atoms with E-state index >= 15 is 0 Å². The molecule has 0 unspecified atom stereocenters. The van der Waals surface area contributed by atoms with Crippen LogP contribution >= 0.6 is 0 Å². The lowest BCUT2D eigenvalue weighted by atomic mass is 10.2. The molecule has 0 saturated heterocycles. The van der Waals surface area contributed by atoms with E-state index in [4.69, 9.17) is 9.47 Å². The van der Waals surface area contributed by atoms with E-state index in [1.54, 1.807) is 5.32 Å². The maximum atomic E-state index is 13.5. The summed E-state index contributed by atoms with van der Waals surface area (Å²) in [6.45, 7) is 1.16. The van der Waals surface area contributed by atoms with Crippen LogP contribution in [0.3, 0.4) is 0 Å². The number of benzene rings is 2. The van der Waals surface area contributed by atoms with E-state index in [9.17, 15) is 27.2 Å². The summed E-state index contributed by atoms with van der Waals surface area (Å²) in [7, 11) is 0. The smallest absolute Gasteiger partial charge is 0.405 e. The van der Waals surface area contributed by atoms with Crippen molar-refractivity contribution in [3.05, 3.63) is 71.3 Å². The first kappa shape index (κ1) is 26.6. The number of rotatable bonds is 11. The zero-order chi connectivity index (χ0) is 26.1. The van der Waals surface area contributed by atoms with Crippen LogP contribution in [0.5, 0.6) is 5.75 Å². The molecule has 3 aromatic rings. The van der Waals surface area contributed by atoms with Gasteiger partial charge in [-0.25, -0.2) is 9.07 Å². The number of aromatic nitrogens is 3. The molecule has 9 nitrogen and oxygen atoms in total. The number of alkyl halides is 3. The van der Waals surface area contributed by atoms with Gasteiger partial charge in [0.1, 0.15) is 30.4 Å². The second-order valence-electron chi connectivity index (χ2n) is 7.34. The number of nitrogens with one attached hydrogen (secondary N) is 2. The zero-order valence-corrected chi connectivity index (χ0v) is 19.1. The maximum absolute atomic E-state index is 13.5. The standard InChI is InChI=1S/C23H23F4N5O4/c1-2-35-11-10-28-22(34)20-19(13-36-18-5-3-4-16(24)12-18)32(31-30-20)17-8-6-15(7-9-17)21(33)29-14-23(25,26)27/h3-9,12H,2,10-11,13-14H2,1H3,(H,28,34)(H,29,33). The highest BCUT2D eigenvalue weighted by Gasteiger charge is 2.28. The fraction of sp³-hybridized carbons (Fsp3) is 0.304. The normalized spacial score (nSPS) is 11.2. The molecule has 0 bridgehead atoms. The van der Waals surface area contributed by atoms with Gasteiger partial charge in [0.2, 0.25) is 0 Å². The number of hydrogen-bond donors (Lipinski definition) is 2. The molecule has 0 radical (unpaired) electrons. The van der Waals surface area contributed by atoms with Crippen molar-refractivity contribution in [3.8, 4) is 11.4 Å². The Bertz CT molecular complexity index is 1180. The van der Waals surface area contributed by atoms with Crippen molar-refractivity contribution in [2.75, 3.05) is 26.3 Å². The average molecular weight is 509 g/mol. The Morgan fingerprint density at radius 3 is 2.47 bits per heavy atom. The summed E-state index contributed by atoms with van der Waals surface area (Å²) in [5.74, 6) is -1.74. The van der Waals surface area contributed by atoms with Gasteiger partial charge in [-0.3, -0.25) is 9.59 Å². The van der Waals surface area contributed by atoms with Gasteiger partial charge in [-0.1, -0.05) is 11.3 Å². The minimum Gasteiger partial charge on any atom is -0.487 e. The summed E-state index contributed by atoms with van der Waals surface area (Å²) in [5.41, 5.74) is 0.535. The Morgan fingerprint density at radius 1 is 1.06 bits per heavy atom. The highest BCUT2D eigenvalue weighted by atomic mass is 19.4. The number of halogens is 4. The van der Waals surface area contributed by atoms with Crippen LogP contribution in [0.2, 0.25) is 0 Å². The van der Waals surface area contributed by atoms with Gasteiger partial charge < -0.3 is 20.1 Å². The Balaban J connectivity index is 1.83. The summed E-state index contributed by atoms with van der Waals surface area (Å²) in [4.78, 5) is 24.7. The van der Waals surface area contributed by atoms with Crippen LogP contribution in [-0.4, -0.2) is 59.3 Å². The molecule has 1 aromatic heterocycles. The predicted octanol–water partition coefficient (Wildman–Crippen LogP) is 3.04. The lowest BCUT2D eigenvalue weighted by Crippen LogP contribution is -2.33. The predicted molar refractivity (Wildman–Crippen MR) is 119 cm³/mol. The SMILES string of the molecule is CCOCCNC(=O)c1nnn(-c2ccc(C(=O)NCC(F)(F)F)cc2)c1COc1cccc(F)c1. The number of carbonyl (C=O) groups is 2. The second-order valence-corrected chi connectivity index (χ2v) is 7.34. The van der Waals surface area contributed by atoms with Crippen LogP contribution in [0.15, 0.2) is 48.5 Å². The second kappa shape index (κ2) is 12.1. The third-order valence-electron chi connectivity index (χ3n) is 4.71. The van der Waals surface area contributed by atoms with Crippen molar-refractivity contribution in [2.45, 2.75) is 19.7 Å². The number of hydrogen-bond acceptors (Lipinski definition) is 6. The molecule has 0 spiro atoms. The molecular formula is C23H23F4N5O4. The van der Waals surface area contributed by atoms with Gasteiger partial charge in [-0.15, -0.1) is 5.10 Å². The summed E-state index contributed by atoms with van der Waals surface area (Å²) >= 11 is 0. The maximum Gasteiger partial charge on any atom is 0.405 e. The molecule has 2 N–H and O–H groups in total. The highest BCUT2D eigenvalue weighted by Crippen LogP contribution is 2.19. The molecule has 192 valence electrons. The largest absolute Gasteiger partial charge is 0.487 e. The van der Waals surface area contributed by atoms with Crippen molar-refractivity contribution in [2.24, 2.45) is 0 Å². The molecule has 0 aliphatic carbocycles.